The molecule has 0 atom stereocenters. The summed E-state index contributed by atoms with van der Waals surface area (Å²) in [5, 5.41) is 1.89. The molecule has 0 aliphatic carbocycles. The normalized spacial score (nSPS) is 11.7. The Bertz CT molecular complexity index is 864. The molecule has 7 heteroatoms. The van der Waals surface area contributed by atoms with E-state index in [1.165, 1.54) is 11.3 Å². The summed E-state index contributed by atoms with van der Waals surface area (Å²) in [4.78, 5) is 26.1. The van der Waals surface area contributed by atoms with Crippen molar-refractivity contribution in [1.82, 2.24) is 19.9 Å². The van der Waals surface area contributed by atoms with E-state index in [4.69, 9.17) is 4.42 Å². The van der Waals surface area contributed by atoms with Crippen molar-refractivity contribution in [2.75, 3.05) is 6.54 Å². The van der Waals surface area contributed by atoms with Gasteiger partial charge in [0.15, 0.2) is 5.89 Å². The molecule has 0 saturated heterocycles. The van der Waals surface area contributed by atoms with Crippen molar-refractivity contribution < 1.29 is 4.42 Å². The Kier molecular flexibility index (Phi) is 4.58. The average molecular weight is 332 g/mol. The molecule has 0 aliphatic rings. The van der Waals surface area contributed by atoms with E-state index in [9.17, 15) is 4.79 Å². The number of oxazole rings is 1. The molecule has 0 unspecified atom stereocenters. The van der Waals surface area contributed by atoms with Gasteiger partial charge in [0.1, 0.15) is 16.3 Å². The Morgan fingerprint density at radius 1 is 1.30 bits per heavy atom. The number of thiophene rings is 1. The zero-order chi connectivity index (χ0) is 16.4. The summed E-state index contributed by atoms with van der Waals surface area (Å²) in [5.41, 5.74) is 1.61. The predicted octanol–water partition coefficient (Wildman–Crippen LogP) is 3.00. The molecule has 23 heavy (non-hydrogen) atoms. The van der Waals surface area contributed by atoms with Gasteiger partial charge in [0.25, 0.3) is 5.56 Å². The number of hydrogen-bond donors (Lipinski definition) is 1. The highest BCUT2D eigenvalue weighted by atomic mass is 32.1. The van der Waals surface area contributed by atoms with Crippen LogP contribution in [0.25, 0.3) is 10.2 Å². The van der Waals surface area contributed by atoms with E-state index in [1.807, 2.05) is 25.3 Å². The van der Waals surface area contributed by atoms with Gasteiger partial charge in [0.2, 0.25) is 0 Å². The highest BCUT2D eigenvalue weighted by Gasteiger charge is 2.14. The van der Waals surface area contributed by atoms with Gasteiger partial charge in [0, 0.05) is 6.92 Å². The molecule has 0 aliphatic heterocycles. The molecule has 0 bridgehead atoms. The van der Waals surface area contributed by atoms with E-state index in [-0.39, 0.29) is 5.56 Å². The molecular formula is C16H20N4O2S. The molecule has 122 valence electrons. The van der Waals surface area contributed by atoms with E-state index in [1.54, 1.807) is 0 Å². The first kappa shape index (κ1) is 15.9. The number of nitrogens with zero attached hydrogens (tertiary/aromatic N) is 3. The summed E-state index contributed by atoms with van der Waals surface area (Å²) in [6, 6.07) is 1.88. The Balaban J connectivity index is 1.83. The molecule has 0 saturated carbocycles. The zero-order valence-corrected chi connectivity index (χ0v) is 14.4. The molecule has 3 aromatic heterocycles. The highest BCUT2D eigenvalue weighted by molar-refractivity contribution is 7.17. The van der Waals surface area contributed by atoms with Crippen LogP contribution in [0.3, 0.4) is 0 Å². The number of fused-ring (bicyclic) bond motifs is 1. The topological polar surface area (TPSA) is 75.0 Å². The predicted molar refractivity (Wildman–Crippen MR) is 90.6 cm³/mol. The molecular weight excluding hydrogens is 312 g/mol. The minimum absolute atomic E-state index is 0.0665. The molecule has 3 rings (SSSR count). The van der Waals surface area contributed by atoms with Crippen LogP contribution < -0.4 is 5.56 Å². The SMILES string of the molecule is CCCN(Cc1nc2ccsc2c(=O)[nH]1)Cc1oc(C)nc1C. The summed E-state index contributed by atoms with van der Waals surface area (Å²) in [6.45, 7) is 8.06. The molecule has 0 fully saturated rings. The first-order chi connectivity index (χ1) is 11.1. The Hall–Kier alpha value is -1.99. The minimum Gasteiger partial charge on any atom is -0.444 e. The van der Waals surface area contributed by atoms with Crippen molar-refractivity contribution in [2.45, 2.75) is 40.3 Å². The van der Waals surface area contributed by atoms with Crippen molar-refractivity contribution >= 4 is 21.6 Å². The fourth-order valence-corrected chi connectivity index (χ4v) is 3.39. The molecule has 6 nitrogen and oxygen atoms in total. The van der Waals surface area contributed by atoms with E-state index in [0.29, 0.717) is 29.5 Å². The standard InChI is InChI=1S/C16H20N4O2S/c1-4-6-20(8-13-10(2)17-11(3)22-13)9-14-18-12-5-7-23-15(12)16(21)19-14/h5,7H,4,6,8-9H2,1-3H3,(H,18,19,21). The van der Waals surface area contributed by atoms with Crippen LogP contribution in [0, 0.1) is 13.8 Å². The molecule has 1 N–H and O–H groups in total. The third-order valence-electron chi connectivity index (χ3n) is 3.64. The number of aromatic nitrogens is 3. The maximum Gasteiger partial charge on any atom is 0.268 e. The lowest BCUT2D eigenvalue weighted by Crippen LogP contribution is -2.26. The second kappa shape index (κ2) is 6.64. The van der Waals surface area contributed by atoms with Gasteiger partial charge in [-0.15, -0.1) is 11.3 Å². The molecule has 0 spiro atoms. The monoisotopic (exact) mass is 332 g/mol. The molecule has 0 radical (unpaired) electrons. The van der Waals surface area contributed by atoms with Gasteiger partial charge in [-0.05, 0) is 31.3 Å². The molecule has 0 amide bonds. The maximum absolute atomic E-state index is 12.1. The van der Waals surface area contributed by atoms with Crippen LogP contribution in [0.4, 0.5) is 0 Å². The quantitative estimate of drug-likeness (QED) is 0.751. The number of aryl methyl sites for hydroxylation is 2. The van der Waals surface area contributed by atoms with Crippen LogP contribution in [0.1, 0.15) is 36.5 Å². The van der Waals surface area contributed by atoms with E-state index >= 15 is 0 Å². The van der Waals surface area contributed by atoms with Crippen LogP contribution in [0.15, 0.2) is 20.7 Å². The van der Waals surface area contributed by atoms with Crippen molar-refractivity contribution in [3.05, 3.63) is 45.0 Å². The van der Waals surface area contributed by atoms with E-state index in [2.05, 4.69) is 26.8 Å². The summed E-state index contributed by atoms with van der Waals surface area (Å²) >= 11 is 1.42. The molecule has 3 aromatic rings. The van der Waals surface area contributed by atoms with Crippen LogP contribution in [0.2, 0.25) is 0 Å². The largest absolute Gasteiger partial charge is 0.444 e. The number of nitrogens with one attached hydrogen (secondary N) is 1. The molecule has 3 heterocycles. The summed E-state index contributed by atoms with van der Waals surface area (Å²) in [6.07, 6.45) is 1.01. The average Bonchev–Trinajstić information content (AvgIpc) is 3.06. The van der Waals surface area contributed by atoms with Crippen molar-refractivity contribution in [2.24, 2.45) is 0 Å². The van der Waals surface area contributed by atoms with Crippen LogP contribution in [0.5, 0.6) is 0 Å². The van der Waals surface area contributed by atoms with Gasteiger partial charge >= 0.3 is 0 Å². The van der Waals surface area contributed by atoms with Gasteiger partial charge in [0.05, 0.1) is 24.3 Å². The van der Waals surface area contributed by atoms with Gasteiger partial charge in [-0.2, -0.15) is 0 Å². The highest BCUT2D eigenvalue weighted by Crippen LogP contribution is 2.16. The zero-order valence-electron chi connectivity index (χ0n) is 13.5. The van der Waals surface area contributed by atoms with Gasteiger partial charge in [-0.1, -0.05) is 6.92 Å². The number of hydrogen-bond acceptors (Lipinski definition) is 6. The van der Waals surface area contributed by atoms with Gasteiger partial charge in [-0.3, -0.25) is 9.69 Å². The van der Waals surface area contributed by atoms with Crippen LogP contribution in [-0.2, 0) is 13.1 Å². The van der Waals surface area contributed by atoms with Crippen LogP contribution >= 0.6 is 11.3 Å². The lowest BCUT2D eigenvalue weighted by atomic mass is 10.3. The Labute approximate surface area is 138 Å². The van der Waals surface area contributed by atoms with Crippen molar-refractivity contribution in [3.63, 3.8) is 0 Å². The fourth-order valence-electron chi connectivity index (χ4n) is 2.66. The Morgan fingerprint density at radius 2 is 2.13 bits per heavy atom. The third kappa shape index (κ3) is 3.51. The Morgan fingerprint density at radius 3 is 2.83 bits per heavy atom. The van der Waals surface area contributed by atoms with E-state index in [0.717, 1.165) is 29.9 Å². The number of H-pyrrole nitrogens is 1. The first-order valence-electron chi connectivity index (χ1n) is 7.68. The van der Waals surface area contributed by atoms with Crippen molar-refractivity contribution in [3.8, 4) is 0 Å². The summed E-state index contributed by atoms with van der Waals surface area (Å²) < 4.78 is 6.35. The third-order valence-corrected chi connectivity index (χ3v) is 4.55. The lowest BCUT2D eigenvalue weighted by molar-refractivity contribution is 0.228. The number of rotatable bonds is 6. The fraction of sp³-hybridized carbons (Fsp3) is 0.438. The summed E-state index contributed by atoms with van der Waals surface area (Å²) in [7, 11) is 0. The van der Waals surface area contributed by atoms with Gasteiger partial charge in [-0.25, -0.2) is 9.97 Å². The second-order valence-electron chi connectivity index (χ2n) is 5.60. The van der Waals surface area contributed by atoms with Crippen LogP contribution in [-0.4, -0.2) is 26.4 Å². The smallest absolute Gasteiger partial charge is 0.268 e. The first-order valence-corrected chi connectivity index (χ1v) is 8.56. The molecule has 0 aromatic carbocycles. The number of aromatic amines is 1. The van der Waals surface area contributed by atoms with Crippen molar-refractivity contribution in [1.29, 1.82) is 0 Å². The van der Waals surface area contributed by atoms with E-state index < -0.39 is 0 Å². The summed E-state index contributed by atoms with van der Waals surface area (Å²) in [5.74, 6) is 2.23. The minimum atomic E-state index is -0.0665. The second-order valence-corrected chi connectivity index (χ2v) is 6.52. The maximum atomic E-state index is 12.1. The van der Waals surface area contributed by atoms with Gasteiger partial charge < -0.3 is 9.40 Å². The lowest BCUT2D eigenvalue weighted by Gasteiger charge is -2.20.